The van der Waals surface area contributed by atoms with Gasteiger partial charge >= 0.3 is 0 Å². The van der Waals surface area contributed by atoms with Gasteiger partial charge in [0.05, 0.1) is 5.69 Å². The van der Waals surface area contributed by atoms with Crippen LogP contribution in [0.3, 0.4) is 0 Å². The fraction of sp³-hybridized carbons (Fsp3) is 0.524. The highest BCUT2D eigenvalue weighted by Crippen LogP contribution is 2.24. The average Bonchev–Trinajstić information content (AvgIpc) is 2.69. The summed E-state index contributed by atoms with van der Waals surface area (Å²) in [6, 6.07) is 5.00. The molecule has 1 aliphatic heterocycles. The molecule has 1 aliphatic carbocycles. The first-order valence-electron chi connectivity index (χ1n) is 9.57. The van der Waals surface area contributed by atoms with Crippen LogP contribution in [-0.4, -0.2) is 47.3 Å². The maximum absolute atomic E-state index is 4.46. The normalized spacial score (nSPS) is 21.0. The number of aromatic nitrogens is 2. The minimum Gasteiger partial charge on any atom is -0.353 e. The molecule has 4 heteroatoms. The predicted octanol–water partition coefficient (Wildman–Crippen LogP) is 4.08. The highest BCUT2D eigenvalue weighted by molar-refractivity contribution is 5.62. The molecule has 0 radical (unpaired) electrons. The van der Waals surface area contributed by atoms with Crippen LogP contribution in [0.4, 0.5) is 5.82 Å². The summed E-state index contributed by atoms with van der Waals surface area (Å²) in [5, 5.41) is 8.87. The lowest BCUT2D eigenvalue weighted by Gasteiger charge is -2.41. The molecule has 0 unspecified atom stereocenters. The number of hydrogen-bond acceptors (Lipinski definition) is 4. The Bertz CT molecular complexity index is 603. The molecule has 1 aromatic heterocycles. The van der Waals surface area contributed by atoms with Crippen molar-refractivity contribution < 1.29 is 0 Å². The lowest BCUT2D eigenvalue weighted by Crippen LogP contribution is -2.51. The molecule has 1 saturated heterocycles. The lowest BCUT2D eigenvalue weighted by atomic mass is 9.94. The van der Waals surface area contributed by atoms with E-state index in [1.54, 1.807) is 6.08 Å². The van der Waals surface area contributed by atoms with Crippen LogP contribution in [0.5, 0.6) is 0 Å². The van der Waals surface area contributed by atoms with Gasteiger partial charge in [-0.15, -0.1) is 10.2 Å². The number of hydrogen-bond donors (Lipinski definition) is 0. The summed E-state index contributed by atoms with van der Waals surface area (Å²) >= 11 is 0. The molecule has 1 saturated carbocycles. The van der Waals surface area contributed by atoms with Crippen LogP contribution in [-0.2, 0) is 0 Å². The Balaban J connectivity index is 1.55. The van der Waals surface area contributed by atoms with E-state index in [0.29, 0.717) is 0 Å². The third kappa shape index (κ3) is 4.79. The van der Waals surface area contributed by atoms with E-state index in [1.807, 2.05) is 18.2 Å². The Labute approximate surface area is 151 Å². The predicted molar refractivity (Wildman–Crippen MR) is 106 cm³/mol. The largest absolute Gasteiger partial charge is 0.353 e. The molecule has 4 nitrogen and oxygen atoms in total. The Hall–Kier alpha value is -1.94. The van der Waals surface area contributed by atoms with Crippen molar-refractivity contribution in [1.29, 1.82) is 0 Å². The summed E-state index contributed by atoms with van der Waals surface area (Å²) in [7, 11) is 0. The van der Waals surface area contributed by atoms with Crippen molar-refractivity contribution in [2.24, 2.45) is 0 Å². The molecule has 3 rings (SSSR count). The second kappa shape index (κ2) is 8.95. The summed E-state index contributed by atoms with van der Waals surface area (Å²) in [6.07, 6.45) is 14.7. The number of rotatable bonds is 5. The summed E-state index contributed by atoms with van der Waals surface area (Å²) in [5.41, 5.74) is 2.04. The zero-order valence-corrected chi connectivity index (χ0v) is 15.4. The first kappa shape index (κ1) is 17.9. The molecular formula is C21H30N4. The van der Waals surface area contributed by atoms with Crippen molar-refractivity contribution in [1.82, 2.24) is 15.1 Å². The molecule has 2 aliphatic rings. The van der Waals surface area contributed by atoms with Crippen molar-refractivity contribution in [2.75, 3.05) is 31.1 Å². The van der Waals surface area contributed by atoms with E-state index in [0.717, 1.165) is 49.3 Å². The van der Waals surface area contributed by atoms with E-state index in [1.165, 1.54) is 32.1 Å². The fourth-order valence-corrected chi connectivity index (χ4v) is 3.83. The highest BCUT2D eigenvalue weighted by atomic mass is 15.3. The van der Waals surface area contributed by atoms with Crippen LogP contribution in [0.15, 0.2) is 43.0 Å². The van der Waals surface area contributed by atoms with E-state index in [2.05, 4.69) is 45.6 Å². The van der Waals surface area contributed by atoms with Gasteiger partial charge in [-0.05, 0) is 37.5 Å². The number of anilines is 1. The minimum atomic E-state index is 0.820. The summed E-state index contributed by atoms with van der Waals surface area (Å²) in [5.74, 6) is 1.00. The smallest absolute Gasteiger partial charge is 0.151 e. The molecule has 0 N–H and O–H groups in total. The van der Waals surface area contributed by atoms with Gasteiger partial charge in [-0.2, -0.15) is 0 Å². The average molecular weight is 338 g/mol. The first-order chi connectivity index (χ1) is 12.3. The zero-order valence-electron chi connectivity index (χ0n) is 15.4. The van der Waals surface area contributed by atoms with Gasteiger partial charge < -0.3 is 4.90 Å². The lowest BCUT2D eigenvalue weighted by molar-refractivity contribution is 0.147. The monoisotopic (exact) mass is 338 g/mol. The molecule has 25 heavy (non-hydrogen) atoms. The standard InChI is InChI=1S/C21H30N4/c1-3-4-6-9-18(2)20-12-13-21(23-22-20)25-16-14-24(15-17-25)19-10-7-5-8-11-19/h3-4,6,9,12-13,19H,1,5,7-8,10-11,14-17H2,2H3/b6-4-,18-9+. The fourth-order valence-electron chi connectivity index (χ4n) is 3.83. The van der Waals surface area contributed by atoms with Crippen LogP contribution >= 0.6 is 0 Å². The minimum absolute atomic E-state index is 0.820. The Morgan fingerprint density at radius 1 is 1.04 bits per heavy atom. The molecule has 2 fully saturated rings. The molecule has 2 heterocycles. The van der Waals surface area contributed by atoms with Gasteiger partial charge in [-0.25, -0.2) is 0 Å². The van der Waals surface area contributed by atoms with Crippen molar-refractivity contribution in [3.05, 3.63) is 48.7 Å². The molecule has 0 spiro atoms. The van der Waals surface area contributed by atoms with Gasteiger partial charge in [-0.1, -0.05) is 50.1 Å². The molecule has 0 atom stereocenters. The Morgan fingerprint density at radius 2 is 1.80 bits per heavy atom. The van der Waals surface area contributed by atoms with E-state index in [-0.39, 0.29) is 0 Å². The van der Waals surface area contributed by atoms with Gasteiger partial charge in [0.25, 0.3) is 0 Å². The van der Waals surface area contributed by atoms with Crippen LogP contribution < -0.4 is 4.90 Å². The van der Waals surface area contributed by atoms with E-state index >= 15 is 0 Å². The first-order valence-corrected chi connectivity index (χ1v) is 9.57. The summed E-state index contributed by atoms with van der Waals surface area (Å²) in [6.45, 7) is 10.1. The summed E-state index contributed by atoms with van der Waals surface area (Å²) in [4.78, 5) is 5.06. The van der Waals surface area contributed by atoms with E-state index in [9.17, 15) is 0 Å². The van der Waals surface area contributed by atoms with Crippen molar-refractivity contribution in [3.8, 4) is 0 Å². The Morgan fingerprint density at radius 3 is 2.44 bits per heavy atom. The van der Waals surface area contributed by atoms with Gasteiger partial charge in [0.2, 0.25) is 0 Å². The van der Waals surface area contributed by atoms with Gasteiger partial charge in [0.1, 0.15) is 0 Å². The van der Waals surface area contributed by atoms with Crippen LogP contribution in [0.2, 0.25) is 0 Å². The number of nitrogens with zero attached hydrogens (tertiary/aromatic N) is 4. The van der Waals surface area contributed by atoms with Gasteiger partial charge in [0.15, 0.2) is 5.82 Å². The van der Waals surface area contributed by atoms with E-state index < -0.39 is 0 Å². The third-order valence-electron chi connectivity index (χ3n) is 5.38. The molecule has 0 bridgehead atoms. The molecule has 1 aromatic rings. The number of allylic oxidation sites excluding steroid dienone is 5. The second-order valence-electron chi connectivity index (χ2n) is 7.06. The molecule has 0 aromatic carbocycles. The Kier molecular flexibility index (Phi) is 6.40. The van der Waals surface area contributed by atoms with Gasteiger partial charge in [0, 0.05) is 32.2 Å². The quantitative estimate of drug-likeness (QED) is 0.757. The maximum Gasteiger partial charge on any atom is 0.151 e. The van der Waals surface area contributed by atoms with E-state index in [4.69, 9.17) is 0 Å². The zero-order chi connectivity index (χ0) is 17.5. The molecule has 134 valence electrons. The van der Waals surface area contributed by atoms with Crippen LogP contribution in [0.25, 0.3) is 5.57 Å². The highest BCUT2D eigenvalue weighted by Gasteiger charge is 2.25. The molecular weight excluding hydrogens is 308 g/mol. The SMILES string of the molecule is C=C/C=C\C=C(/C)c1ccc(N2CCN(C3CCCCC3)CC2)nn1. The summed E-state index contributed by atoms with van der Waals surface area (Å²) < 4.78 is 0. The maximum atomic E-state index is 4.46. The van der Waals surface area contributed by atoms with Crippen molar-refractivity contribution in [2.45, 2.75) is 45.1 Å². The van der Waals surface area contributed by atoms with Crippen LogP contribution in [0, 0.1) is 0 Å². The third-order valence-corrected chi connectivity index (χ3v) is 5.38. The van der Waals surface area contributed by atoms with Crippen molar-refractivity contribution in [3.63, 3.8) is 0 Å². The number of piperazine rings is 1. The van der Waals surface area contributed by atoms with Crippen molar-refractivity contribution >= 4 is 11.4 Å². The molecule has 0 amide bonds. The van der Waals surface area contributed by atoms with Gasteiger partial charge in [-0.3, -0.25) is 4.90 Å². The second-order valence-corrected chi connectivity index (χ2v) is 7.06. The van der Waals surface area contributed by atoms with Crippen LogP contribution in [0.1, 0.15) is 44.7 Å². The topological polar surface area (TPSA) is 32.3 Å².